The predicted molar refractivity (Wildman–Crippen MR) is 59.8 cm³/mol. The molecule has 0 aliphatic heterocycles. The molecule has 68 valence electrons. The molecule has 0 bridgehead atoms. The van der Waals surface area contributed by atoms with Gasteiger partial charge in [0.15, 0.2) is 5.78 Å². The number of hydrogen-bond donors (Lipinski definition) is 0. The summed E-state index contributed by atoms with van der Waals surface area (Å²) >= 11 is 6.78. The minimum Gasteiger partial charge on any atom is -0.292 e. The maximum absolute atomic E-state index is 11.8. The number of carbonyl (C=O) groups is 1. The van der Waals surface area contributed by atoms with Crippen LogP contribution in [-0.4, -0.2) is 9.02 Å². The van der Waals surface area contributed by atoms with E-state index in [1.54, 1.807) is 0 Å². The molecule has 1 aliphatic carbocycles. The Balaban J connectivity index is 2.63. The molecule has 0 unspecified atom stereocenters. The van der Waals surface area contributed by atoms with Gasteiger partial charge in [0.05, 0.1) is 0 Å². The zero-order chi connectivity index (χ0) is 9.64. The summed E-state index contributed by atoms with van der Waals surface area (Å²) in [5.74, 6) is 0.131. The molecule has 0 atom stereocenters. The van der Waals surface area contributed by atoms with E-state index in [1.165, 1.54) is 5.56 Å². The predicted octanol–water partition coefficient (Wildman–Crippen LogP) is 3.22. The molecule has 0 fully saturated rings. The van der Waals surface area contributed by atoms with Gasteiger partial charge in [0.1, 0.15) is 3.23 Å². The molecule has 13 heavy (non-hydrogen) atoms. The average molecular weight is 304 g/mol. The van der Waals surface area contributed by atoms with Gasteiger partial charge in [0.25, 0.3) is 0 Å². The highest BCUT2D eigenvalue weighted by Crippen LogP contribution is 2.42. The molecule has 1 aromatic carbocycles. The van der Waals surface area contributed by atoms with E-state index in [2.05, 4.69) is 31.9 Å². The van der Waals surface area contributed by atoms with E-state index in [0.717, 1.165) is 17.5 Å². The van der Waals surface area contributed by atoms with Crippen LogP contribution in [0.2, 0.25) is 0 Å². The van der Waals surface area contributed by atoms with Gasteiger partial charge < -0.3 is 0 Å². The Hall–Kier alpha value is -0.150. The molecule has 2 rings (SSSR count). The molecule has 3 heteroatoms. The number of rotatable bonds is 0. The van der Waals surface area contributed by atoms with Gasteiger partial charge in [-0.2, -0.15) is 0 Å². The quantitative estimate of drug-likeness (QED) is 0.673. The number of alkyl halides is 2. The SMILES string of the molecule is Cc1cccc2c1CC(Br)(Br)C2=O. The number of fused-ring (bicyclic) bond motifs is 1. The van der Waals surface area contributed by atoms with Crippen molar-refractivity contribution in [2.24, 2.45) is 0 Å². The van der Waals surface area contributed by atoms with E-state index in [1.807, 2.05) is 25.1 Å². The van der Waals surface area contributed by atoms with Crippen LogP contribution in [0.1, 0.15) is 21.5 Å². The molecule has 0 heterocycles. The fourth-order valence-corrected chi connectivity index (χ4v) is 2.64. The average Bonchev–Trinajstić information content (AvgIpc) is 2.28. The molecule has 0 saturated carbocycles. The summed E-state index contributed by atoms with van der Waals surface area (Å²) in [6, 6.07) is 5.84. The highest BCUT2D eigenvalue weighted by atomic mass is 79.9. The van der Waals surface area contributed by atoms with E-state index in [0.29, 0.717) is 0 Å². The molecule has 0 radical (unpaired) electrons. The van der Waals surface area contributed by atoms with Gasteiger partial charge in [-0.1, -0.05) is 50.1 Å². The van der Waals surface area contributed by atoms with Crippen molar-refractivity contribution in [1.82, 2.24) is 0 Å². The lowest BCUT2D eigenvalue weighted by Crippen LogP contribution is -2.19. The summed E-state index contributed by atoms with van der Waals surface area (Å²) in [6.07, 6.45) is 0.730. The number of benzene rings is 1. The molecular formula is C10H8Br2O. The standard InChI is InChI=1S/C10H8Br2O/c1-6-3-2-4-7-8(6)5-10(11,12)9(7)13/h2-4H,5H2,1H3. The van der Waals surface area contributed by atoms with Crippen molar-refractivity contribution in [1.29, 1.82) is 0 Å². The number of halogens is 2. The van der Waals surface area contributed by atoms with Crippen molar-refractivity contribution in [3.63, 3.8) is 0 Å². The smallest absolute Gasteiger partial charge is 0.190 e. The van der Waals surface area contributed by atoms with Crippen LogP contribution in [0.4, 0.5) is 0 Å². The Morgan fingerprint density at radius 1 is 1.38 bits per heavy atom. The zero-order valence-corrected chi connectivity index (χ0v) is 10.3. The minimum atomic E-state index is -0.561. The first-order chi connectivity index (χ1) is 6.02. The van der Waals surface area contributed by atoms with Crippen LogP contribution >= 0.6 is 31.9 Å². The number of ketones is 1. The molecule has 0 amide bonds. The van der Waals surface area contributed by atoms with E-state index in [9.17, 15) is 4.79 Å². The maximum atomic E-state index is 11.8. The van der Waals surface area contributed by atoms with Crippen molar-refractivity contribution in [3.8, 4) is 0 Å². The Kier molecular flexibility index (Phi) is 2.11. The van der Waals surface area contributed by atoms with Gasteiger partial charge >= 0.3 is 0 Å². The van der Waals surface area contributed by atoms with Crippen molar-refractivity contribution in [2.75, 3.05) is 0 Å². The Morgan fingerprint density at radius 2 is 2.08 bits per heavy atom. The highest BCUT2D eigenvalue weighted by Gasteiger charge is 2.41. The summed E-state index contributed by atoms with van der Waals surface area (Å²) in [6.45, 7) is 2.04. The lowest BCUT2D eigenvalue weighted by atomic mass is 10.1. The second-order valence-electron chi connectivity index (χ2n) is 3.31. The van der Waals surface area contributed by atoms with Gasteiger partial charge in [-0.15, -0.1) is 0 Å². The second-order valence-corrected chi connectivity index (χ2v) is 7.08. The van der Waals surface area contributed by atoms with Crippen LogP contribution in [0, 0.1) is 6.92 Å². The summed E-state index contributed by atoms with van der Waals surface area (Å²) in [5, 5.41) is 0. The van der Waals surface area contributed by atoms with Gasteiger partial charge in [0, 0.05) is 12.0 Å². The third kappa shape index (κ3) is 1.38. The normalized spacial score (nSPS) is 18.8. The Bertz CT molecular complexity index is 383. The minimum absolute atomic E-state index is 0.131. The van der Waals surface area contributed by atoms with Crippen LogP contribution in [-0.2, 0) is 6.42 Å². The number of hydrogen-bond acceptors (Lipinski definition) is 1. The van der Waals surface area contributed by atoms with E-state index in [-0.39, 0.29) is 5.78 Å². The summed E-state index contributed by atoms with van der Waals surface area (Å²) < 4.78 is -0.561. The van der Waals surface area contributed by atoms with Crippen LogP contribution in [0.3, 0.4) is 0 Å². The van der Waals surface area contributed by atoms with Crippen molar-refractivity contribution in [3.05, 3.63) is 34.9 Å². The van der Waals surface area contributed by atoms with Crippen LogP contribution in [0.15, 0.2) is 18.2 Å². The molecule has 0 spiro atoms. The summed E-state index contributed by atoms with van der Waals surface area (Å²) in [4.78, 5) is 11.8. The number of aryl methyl sites for hydroxylation is 1. The molecule has 1 nitrogen and oxygen atoms in total. The summed E-state index contributed by atoms with van der Waals surface area (Å²) in [7, 11) is 0. The lowest BCUT2D eigenvalue weighted by molar-refractivity contribution is 0.0994. The van der Waals surface area contributed by atoms with E-state index < -0.39 is 3.23 Å². The first-order valence-corrected chi connectivity index (χ1v) is 5.62. The molecule has 1 aliphatic rings. The number of carbonyl (C=O) groups excluding carboxylic acids is 1. The summed E-state index contributed by atoms with van der Waals surface area (Å²) in [5.41, 5.74) is 3.18. The van der Waals surface area contributed by atoms with Gasteiger partial charge in [-0.25, -0.2) is 0 Å². The zero-order valence-electron chi connectivity index (χ0n) is 7.10. The number of Topliss-reactive ketones (excluding diaryl/α,β-unsaturated/α-hetero) is 1. The first-order valence-electron chi connectivity index (χ1n) is 4.03. The Morgan fingerprint density at radius 3 is 2.69 bits per heavy atom. The third-order valence-corrected chi connectivity index (χ3v) is 3.67. The van der Waals surface area contributed by atoms with Gasteiger partial charge in [0.2, 0.25) is 0 Å². The molecule has 0 saturated heterocycles. The fourth-order valence-electron chi connectivity index (χ4n) is 1.65. The van der Waals surface area contributed by atoms with Crippen molar-refractivity contribution in [2.45, 2.75) is 16.6 Å². The Labute approximate surface area is 93.8 Å². The highest BCUT2D eigenvalue weighted by molar-refractivity contribution is 9.26. The molecule has 0 N–H and O–H groups in total. The largest absolute Gasteiger partial charge is 0.292 e. The molecule has 1 aromatic rings. The lowest BCUT2D eigenvalue weighted by Gasteiger charge is -2.08. The van der Waals surface area contributed by atoms with Crippen LogP contribution in [0.5, 0.6) is 0 Å². The van der Waals surface area contributed by atoms with Crippen LogP contribution in [0.25, 0.3) is 0 Å². The third-order valence-electron chi connectivity index (χ3n) is 2.39. The first kappa shape index (κ1) is 9.41. The van der Waals surface area contributed by atoms with Crippen LogP contribution < -0.4 is 0 Å². The second kappa shape index (κ2) is 2.92. The fraction of sp³-hybridized carbons (Fsp3) is 0.300. The topological polar surface area (TPSA) is 17.1 Å². The van der Waals surface area contributed by atoms with Crippen molar-refractivity contribution < 1.29 is 4.79 Å². The van der Waals surface area contributed by atoms with Gasteiger partial charge in [-0.05, 0) is 18.1 Å². The van der Waals surface area contributed by atoms with E-state index in [4.69, 9.17) is 0 Å². The monoisotopic (exact) mass is 302 g/mol. The maximum Gasteiger partial charge on any atom is 0.190 e. The van der Waals surface area contributed by atoms with Gasteiger partial charge in [-0.3, -0.25) is 4.79 Å². The molecular weight excluding hydrogens is 296 g/mol. The van der Waals surface area contributed by atoms with Crippen molar-refractivity contribution >= 4 is 37.6 Å². The molecule has 0 aromatic heterocycles. The van der Waals surface area contributed by atoms with E-state index >= 15 is 0 Å².